The third-order valence-corrected chi connectivity index (χ3v) is 3.19. The molecular formula is C10H12BrNO2. The molecule has 1 aromatic rings. The van der Waals surface area contributed by atoms with Crippen molar-refractivity contribution >= 4 is 21.7 Å². The average molecular weight is 258 g/mol. The van der Waals surface area contributed by atoms with Crippen LogP contribution in [0.3, 0.4) is 0 Å². The molecule has 0 saturated heterocycles. The minimum absolute atomic E-state index is 0.0885. The van der Waals surface area contributed by atoms with Crippen LogP contribution < -0.4 is 5.73 Å². The molecule has 0 spiro atoms. The van der Waals surface area contributed by atoms with Crippen molar-refractivity contribution in [1.29, 1.82) is 0 Å². The van der Waals surface area contributed by atoms with Crippen LogP contribution in [0.15, 0.2) is 21.2 Å². The molecular weight excluding hydrogens is 246 g/mol. The highest BCUT2D eigenvalue weighted by molar-refractivity contribution is 9.10. The van der Waals surface area contributed by atoms with Crippen LogP contribution in [0.1, 0.15) is 25.0 Å². The third kappa shape index (κ3) is 1.77. The Morgan fingerprint density at radius 2 is 2.29 bits per heavy atom. The van der Waals surface area contributed by atoms with Crippen LogP contribution in [0.4, 0.5) is 0 Å². The summed E-state index contributed by atoms with van der Waals surface area (Å²) >= 11 is 3.19. The predicted octanol–water partition coefficient (Wildman–Crippen LogP) is 2.04. The standard InChI is InChI=1S/C10H12BrNO2/c11-9-3-2-7(14-9)6-8(13)10(12)4-1-5-10/h2-3H,1,4-6,12H2. The van der Waals surface area contributed by atoms with Crippen LogP contribution in [0.5, 0.6) is 0 Å². The number of rotatable bonds is 3. The maximum atomic E-state index is 11.7. The molecule has 4 heteroatoms. The van der Waals surface area contributed by atoms with Crippen LogP contribution in [0, 0.1) is 0 Å². The summed E-state index contributed by atoms with van der Waals surface area (Å²) in [4.78, 5) is 11.7. The minimum atomic E-state index is -0.570. The second-order valence-corrected chi connectivity index (χ2v) is 4.60. The summed E-state index contributed by atoms with van der Waals surface area (Å²) in [5.74, 6) is 0.768. The van der Waals surface area contributed by atoms with Gasteiger partial charge < -0.3 is 10.2 Å². The van der Waals surface area contributed by atoms with Gasteiger partial charge in [-0.1, -0.05) is 0 Å². The molecule has 0 radical (unpaired) electrons. The van der Waals surface area contributed by atoms with Gasteiger partial charge >= 0.3 is 0 Å². The fourth-order valence-corrected chi connectivity index (χ4v) is 1.96. The van der Waals surface area contributed by atoms with Crippen molar-refractivity contribution < 1.29 is 9.21 Å². The van der Waals surface area contributed by atoms with Crippen molar-refractivity contribution in [2.24, 2.45) is 5.73 Å². The quantitative estimate of drug-likeness (QED) is 0.902. The molecule has 2 N–H and O–H groups in total. The van der Waals surface area contributed by atoms with Gasteiger partial charge in [-0.3, -0.25) is 4.79 Å². The monoisotopic (exact) mass is 257 g/mol. The molecule has 1 aromatic heterocycles. The number of ketones is 1. The molecule has 76 valence electrons. The number of hydrogen-bond acceptors (Lipinski definition) is 3. The lowest BCUT2D eigenvalue weighted by molar-refractivity contribution is -0.126. The topological polar surface area (TPSA) is 56.2 Å². The summed E-state index contributed by atoms with van der Waals surface area (Å²) in [6.07, 6.45) is 2.99. The van der Waals surface area contributed by atoms with E-state index in [1.807, 2.05) is 0 Å². The van der Waals surface area contributed by atoms with E-state index in [-0.39, 0.29) is 5.78 Å². The molecule has 0 aliphatic heterocycles. The maximum Gasteiger partial charge on any atom is 0.169 e. The van der Waals surface area contributed by atoms with Gasteiger partial charge in [0.1, 0.15) is 5.76 Å². The summed E-state index contributed by atoms with van der Waals surface area (Å²) in [5.41, 5.74) is 5.33. The van der Waals surface area contributed by atoms with E-state index in [1.165, 1.54) is 0 Å². The van der Waals surface area contributed by atoms with Crippen LogP contribution in [0.2, 0.25) is 0 Å². The Morgan fingerprint density at radius 3 is 2.71 bits per heavy atom. The van der Waals surface area contributed by atoms with Crippen molar-refractivity contribution in [2.45, 2.75) is 31.2 Å². The van der Waals surface area contributed by atoms with Crippen molar-refractivity contribution in [1.82, 2.24) is 0 Å². The van der Waals surface area contributed by atoms with Gasteiger partial charge in [-0.25, -0.2) is 0 Å². The van der Waals surface area contributed by atoms with Crippen molar-refractivity contribution in [3.8, 4) is 0 Å². The average Bonchev–Trinajstić information content (AvgIpc) is 2.47. The Labute approximate surface area is 90.8 Å². The van der Waals surface area contributed by atoms with Crippen molar-refractivity contribution in [3.63, 3.8) is 0 Å². The van der Waals surface area contributed by atoms with Gasteiger partial charge in [0.15, 0.2) is 10.5 Å². The number of hydrogen-bond donors (Lipinski definition) is 1. The lowest BCUT2D eigenvalue weighted by Crippen LogP contribution is -2.54. The van der Waals surface area contributed by atoms with Gasteiger partial charge in [0.25, 0.3) is 0 Å². The molecule has 14 heavy (non-hydrogen) atoms. The van der Waals surface area contributed by atoms with Crippen LogP contribution >= 0.6 is 15.9 Å². The molecule has 1 aliphatic rings. The number of furan rings is 1. The van der Waals surface area contributed by atoms with Gasteiger partial charge in [-0.05, 0) is 47.3 Å². The maximum absolute atomic E-state index is 11.7. The minimum Gasteiger partial charge on any atom is -0.454 e. The van der Waals surface area contributed by atoms with E-state index >= 15 is 0 Å². The van der Waals surface area contributed by atoms with E-state index in [1.54, 1.807) is 12.1 Å². The van der Waals surface area contributed by atoms with E-state index in [4.69, 9.17) is 10.2 Å². The van der Waals surface area contributed by atoms with Crippen LogP contribution in [-0.4, -0.2) is 11.3 Å². The summed E-state index contributed by atoms with van der Waals surface area (Å²) < 4.78 is 5.91. The molecule has 0 atom stereocenters. The van der Waals surface area contributed by atoms with Gasteiger partial charge in [-0.2, -0.15) is 0 Å². The van der Waals surface area contributed by atoms with Gasteiger partial charge in [0.05, 0.1) is 12.0 Å². The molecule has 0 bridgehead atoms. The Morgan fingerprint density at radius 1 is 1.57 bits per heavy atom. The Bertz CT molecular complexity index is 355. The van der Waals surface area contributed by atoms with E-state index < -0.39 is 5.54 Å². The van der Waals surface area contributed by atoms with E-state index in [2.05, 4.69) is 15.9 Å². The van der Waals surface area contributed by atoms with E-state index in [9.17, 15) is 4.79 Å². The Kier molecular flexibility index (Phi) is 2.49. The number of nitrogens with two attached hydrogens (primary N) is 1. The summed E-state index contributed by atoms with van der Waals surface area (Å²) in [6, 6.07) is 3.58. The molecule has 0 aromatic carbocycles. The fraction of sp³-hybridized carbons (Fsp3) is 0.500. The molecule has 1 heterocycles. The smallest absolute Gasteiger partial charge is 0.169 e. The Balaban J connectivity index is 2.01. The molecule has 0 unspecified atom stereocenters. The molecule has 0 amide bonds. The summed E-state index contributed by atoms with van der Waals surface area (Å²) in [7, 11) is 0. The third-order valence-electron chi connectivity index (χ3n) is 2.76. The van der Waals surface area contributed by atoms with Crippen LogP contribution in [0.25, 0.3) is 0 Å². The van der Waals surface area contributed by atoms with Gasteiger partial charge in [0.2, 0.25) is 0 Å². The summed E-state index contributed by atoms with van der Waals surface area (Å²) in [6.45, 7) is 0. The lowest BCUT2D eigenvalue weighted by atomic mass is 9.73. The first-order chi connectivity index (χ1) is 6.60. The van der Waals surface area contributed by atoms with Crippen molar-refractivity contribution in [2.75, 3.05) is 0 Å². The lowest BCUT2D eigenvalue weighted by Gasteiger charge is -2.36. The van der Waals surface area contributed by atoms with E-state index in [0.717, 1.165) is 19.3 Å². The number of carbonyl (C=O) groups excluding carboxylic acids is 1. The van der Waals surface area contributed by atoms with Crippen LogP contribution in [-0.2, 0) is 11.2 Å². The zero-order valence-corrected chi connectivity index (χ0v) is 9.34. The molecule has 1 saturated carbocycles. The SMILES string of the molecule is NC1(C(=O)Cc2ccc(Br)o2)CCC1. The highest BCUT2D eigenvalue weighted by atomic mass is 79.9. The zero-order valence-electron chi connectivity index (χ0n) is 7.75. The number of Topliss-reactive ketones (excluding diaryl/α,β-unsaturated/α-hetero) is 1. The molecule has 1 aliphatic carbocycles. The normalized spacial score (nSPS) is 19.0. The first-order valence-corrected chi connectivity index (χ1v) is 5.46. The second kappa shape index (κ2) is 3.51. The predicted molar refractivity (Wildman–Crippen MR) is 55.9 cm³/mol. The van der Waals surface area contributed by atoms with Gasteiger partial charge in [-0.15, -0.1) is 0 Å². The first kappa shape index (κ1) is 9.93. The summed E-state index contributed by atoms with van der Waals surface area (Å²) in [5, 5.41) is 0. The highest BCUT2D eigenvalue weighted by Crippen LogP contribution is 2.31. The zero-order chi connectivity index (χ0) is 10.2. The number of halogens is 1. The Hall–Kier alpha value is -0.610. The molecule has 1 fully saturated rings. The van der Waals surface area contributed by atoms with E-state index in [0.29, 0.717) is 16.9 Å². The second-order valence-electron chi connectivity index (χ2n) is 3.82. The first-order valence-electron chi connectivity index (χ1n) is 4.66. The highest BCUT2D eigenvalue weighted by Gasteiger charge is 2.39. The van der Waals surface area contributed by atoms with Crippen molar-refractivity contribution in [3.05, 3.63) is 22.6 Å². The molecule has 2 rings (SSSR count). The number of carbonyl (C=O) groups is 1. The molecule has 3 nitrogen and oxygen atoms in total. The fourth-order valence-electron chi connectivity index (χ4n) is 1.62. The largest absolute Gasteiger partial charge is 0.454 e. The van der Waals surface area contributed by atoms with Gasteiger partial charge in [0, 0.05) is 0 Å².